The first-order valence-electron chi connectivity index (χ1n) is 3.56. The van der Waals surface area contributed by atoms with Crippen LogP contribution in [-0.2, 0) is 0 Å². The van der Waals surface area contributed by atoms with Crippen LogP contribution >= 0.6 is 11.6 Å². The number of carbonyl (C=O) groups excluding carboxylic acids is 1. The van der Waals surface area contributed by atoms with E-state index in [1.165, 1.54) is 0 Å². The first kappa shape index (κ1) is 11.4. The standard InChI is InChI=1S/C7H3ClF2N2O3/c8-5(13)4-2-1-3(6(9)10)7(11-4)12(14)15/h1-2,6H. The molecule has 1 rings (SSSR count). The molecular weight excluding hydrogens is 234 g/mol. The van der Waals surface area contributed by atoms with Crippen LogP contribution in [0.3, 0.4) is 0 Å². The van der Waals surface area contributed by atoms with E-state index in [1.807, 2.05) is 0 Å². The fraction of sp³-hybridized carbons (Fsp3) is 0.143. The minimum Gasteiger partial charge on any atom is -0.358 e. The number of nitrogens with zero attached hydrogens (tertiary/aromatic N) is 2. The summed E-state index contributed by atoms with van der Waals surface area (Å²) in [5.41, 5.74) is -1.28. The highest BCUT2D eigenvalue weighted by Crippen LogP contribution is 2.27. The van der Waals surface area contributed by atoms with E-state index in [1.54, 1.807) is 0 Å². The highest BCUT2D eigenvalue weighted by Gasteiger charge is 2.25. The average Bonchev–Trinajstić information content (AvgIpc) is 2.16. The van der Waals surface area contributed by atoms with Gasteiger partial charge in [0.25, 0.3) is 11.7 Å². The maximum absolute atomic E-state index is 12.3. The van der Waals surface area contributed by atoms with Crippen molar-refractivity contribution in [1.82, 2.24) is 4.98 Å². The SMILES string of the molecule is O=C(Cl)c1ccc(C(F)F)c([N+](=O)[O-])n1. The van der Waals surface area contributed by atoms with Crippen LogP contribution in [0.4, 0.5) is 14.6 Å². The van der Waals surface area contributed by atoms with Gasteiger partial charge in [0.05, 0.1) is 0 Å². The maximum Gasteiger partial charge on any atom is 0.373 e. The first-order chi connectivity index (χ1) is 6.93. The van der Waals surface area contributed by atoms with Crippen molar-refractivity contribution < 1.29 is 18.5 Å². The molecule has 0 aliphatic carbocycles. The van der Waals surface area contributed by atoms with Crippen LogP contribution < -0.4 is 0 Å². The lowest BCUT2D eigenvalue weighted by Gasteiger charge is -2.00. The number of pyridine rings is 1. The molecule has 0 saturated heterocycles. The molecule has 0 bridgehead atoms. The molecule has 1 aromatic rings. The second kappa shape index (κ2) is 4.26. The van der Waals surface area contributed by atoms with Gasteiger partial charge in [-0.3, -0.25) is 4.79 Å². The molecule has 0 aliphatic heterocycles. The second-order valence-corrected chi connectivity index (χ2v) is 2.78. The third-order valence-corrected chi connectivity index (χ3v) is 1.71. The molecule has 0 aromatic carbocycles. The second-order valence-electron chi connectivity index (χ2n) is 2.44. The van der Waals surface area contributed by atoms with E-state index in [2.05, 4.69) is 4.98 Å². The summed E-state index contributed by atoms with van der Waals surface area (Å²) in [6, 6.07) is 1.66. The van der Waals surface area contributed by atoms with Crippen LogP contribution in [0.25, 0.3) is 0 Å². The van der Waals surface area contributed by atoms with Crippen LogP contribution in [0.5, 0.6) is 0 Å². The minimum absolute atomic E-state index is 0.437. The quantitative estimate of drug-likeness (QED) is 0.459. The zero-order chi connectivity index (χ0) is 11.6. The van der Waals surface area contributed by atoms with Crippen molar-refractivity contribution in [1.29, 1.82) is 0 Å². The molecule has 0 unspecified atom stereocenters. The van der Waals surface area contributed by atoms with Crippen LogP contribution in [-0.4, -0.2) is 15.1 Å². The largest absolute Gasteiger partial charge is 0.373 e. The molecule has 0 radical (unpaired) electrons. The number of carbonyl (C=O) groups is 1. The molecule has 0 saturated carbocycles. The average molecular weight is 237 g/mol. The number of alkyl halides is 2. The lowest BCUT2D eigenvalue weighted by atomic mass is 10.2. The Morgan fingerprint density at radius 2 is 2.13 bits per heavy atom. The van der Waals surface area contributed by atoms with E-state index in [9.17, 15) is 23.7 Å². The lowest BCUT2D eigenvalue weighted by Crippen LogP contribution is -2.03. The predicted molar refractivity (Wildman–Crippen MR) is 46.0 cm³/mol. The highest BCUT2D eigenvalue weighted by molar-refractivity contribution is 6.67. The van der Waals surface area contributed by atoms with Crippen molar-refractivity contribution in [3.05, 3.63) is 33.5 Å². The van der Waals surface area contributed by atoms with E-state index in [-0.39, 0.29) is 0 Å². The number of rotatable bonds is 3. The van der Waals surface area contributed by atoms with Crippen molar-refractivity contribution >= 4 is 22.7 Å². The summed E-state index contributed by atoms with van der Waals surface area (Å²) in [5, 5.41) is 9.31. The van der Waals surface area contributed by atoms with Crippen molar-refractivity contribution in [3.63, 3.8) is 0 Å². The third-order valence-electron chi connectivity index (χ3n) is 1.51. The molecule has 0 spiro atoms. The molecule has 0 aliphatic rings. The van der Waals surface area contributed by atoms with E-state index in [0.717, 1.165) is 12.1 Å². The van der Waals surface area contributed by atoms with Gasteiger partial charge in [0, 0.05) is 0 Å². The van der Waals surface area contributed by atoms with E-state index < -0.39 is 33.7 Å². The molecule has 1 aromatic heterocycles. The molecule has 0 atom stereocenters. The molecular formula is C7H3ClF2N2O3. The van der Waals surface area contributed by atoms with Gasteiger partial charge in [-0.15, -0.1) is 0 Å². The van der Waals surface area contributed by atoms with Crippen LogP contribution in [0.1, 0.15) is 22.5 Å². The van der Waals surface area contributed by atoms with Gasteiger partial charge in [0.2, 0.25) is 5.69 Å². The normalized spacial score (nSPS) is 10.4. The molecule has 15 heavy (non-hydrogen) atoms. The van der Waals surface area contributed by atoms with Gasteiger partial charge in [0.1, 0.15) is 5.56 Å². The van der Waals surface area contributed by atoms with Crippen molar-refractivity contribution in [2.24, 2.45) is 0 Å². The van der Waals surface area contributed by atoms with E-state index in [4.69, 9.17) is 11.6 Å². The Labute approximate surface area is 86.8 Å². The monoisotopic (exact) mass is 236 g/mol. The zero-order valence-corrected chi connectivity index (χ0v) is 7.74. The van der Waals surface area contributed by atoms with Crippen molar-refractivity contribution in [2.75, 3.05) is 0 Å². The Bertz CT molecular complexity index is 425. The van der Waals surface area contributed by atoms with Gasteiger partial charge in [-0.2, -0.15) is 0 Å². The minimum atomic E-state index is -3.03. The van der Waals surface area contributed by atoms with Crippen molar-refractivity contribution in [3.8, 4) is 0 Å². The molecule has 8 heteroatoms. The Morgan fingerprint density at radius 1 is 1.53 bits per heavy atom. The predicted octanol–water partition coefficient (Wildman–Crippen LogP) is 2.31. The van der Waals surface area contributed by atoms with Gasteiger partial charge in [-0.25, -0.2) is 8.78 Å². The fourth-order valence-corrected chi connectivity index (χ4v) is 0.990. The third kappa shape index (κ3) is 2.44. The van der Waals surface area contributed by atoms with E-state index >= 15 is 0 Å². The van der Waals surface area contributed by atoms with Gasteiger partial charge < -0.3 is 10.1 Å². The zero-order valence-electron chi connectivity index (χ0n) is 6.99. The smallest absolute Gasteiger partial charge is 0.358 e. The summed E-state index contributed by atoms with van der Waals surface area (Å²) in [5.74, 6) is -1.06. The lowest BCUT2D eigenvalue weighted by molar-refractivity contribution is -0.391. The molecule has 0 amide bonds. The van der Waals surface area contributed by atoms with Gasteiger partial charge in [-0.1, -0.05) is 0 Å². The number of aromatic nitrogens is 1. The molecule has 80 valence electrons. The molecule has 0 N–H and O–H groups in total. The summed E-state index contributed by atoms with van der Waals surface area (Å²) in [6.45, 7) is 0. The Morgan fingerprint density at radius 3 is 2.53 bits per heavy atom. The van der Waals surface area contributed by atoms with Crippen LogP contribution in [0.2, 0.25) is 0 Å². The number of halogens is 3. The van der Waals surface area contributed by atoms with Gasteiger partial charge in [0.15, 0.2) is 0 Å². The van der Waals surface area contributed by atoms with Crippen molar-refractivity contribution in [2.45, 2.75) is 6.43 Å². The molecule has 1 heterocycles. The number of nitro groups is 1. The molecule has 0 fully saturated rings. The molecule has 5 nitrogen and oxygen atoms in total. The topological polar surface area (TPSA) is 73.1 Å². The Kier molecular flexibility index (Phi) is 3.25. The first-order valence-corrected chi connectivity index (χ1v) is 3.94. The van der Waals surface area contributed by atoms with Crippen LogP contribution in [0, 0.1) is 10.1 Å². The number of hydrogen-bond donors (Lipinski definition) is 0. The summed E-state index contributed by atoms with van der Waals surface area (Å²) in [6.07, 6.45) is -3.03. The number of hydrogen-bond acceptors (Lipinski definition) is 4. The summed E-state index contributed by atoms with van der Waals surface area (Å²) in [7, 11) is 0. The van der Waals surface area contributed by atoms with E-state index in [0.29, 0.717) is 0 Å². The Hall–Kier alpha value is -1.63. The fourth-order valence-electron chi connectivity index (χ4n) is 0.885. The maximum atomic E-state index is 12.3. The van der Waals surface area contributed by atoms with Crippen LogP contribution in [0.15, 0.2) is 12.1 Å². The van der Waals surface area contributed by atoms with Gasteiger partial charge in [-0.05, 0) is 33.6 Å². The summed E-state index contributed by atoms with van der Waals surface area (Å²) in [4.78, 5) is 23.0. The highest BCUT2D eigenvalue weighted by atomic mass is 35.5. The Balaban J connectivity index is 3.33. The summed E-state index contributed by atoms with van der Waals surface area (Å²) >= 11 is 5.00. The summed E-state index contributed by atoms with van der Waals surface area (Å²) < 4.78 is 24.5. The van der Waals surface area contributed by atoms with Gasteiger partial charge >= 0.3 is 5.82 Å².